The summed E-state index contributed by atoms with van der Waals surface area (Å²) in [7, 11) is 0. The summed E-state index contributed by atoms with van der Waals surface area (Å²) in [5.74, 6) is -0.331. The van der Waals surface area contributed by atoms with Crippen LogP contribution < -0.4 is 5.43 Å². The summed E-state index contributed by atoms with van der Waals surface area (Å²) in [4.78, 5) is 23.3. The molecule has 0 aliphatic rings. The van der Waals surface area contributed by atoms with Crippen LogP contribution in [0.15, 0.2) is 53.6 Å². The van der Waals surface area contributed by atoms with Crippen molar-refractivity contribution >= 4 is 17.8 Å². The molecule has 0 aliphatic carbocycles. The Labute approximate surface area is 152 Å². The van der Waals surface area contributed by atoms with Crippen molar-refractivity contribution in [1.29, 1.82) is 0 Å². The Morgan fingerprint density at radius 1 is 1.30 bits per heavy atom. The number of tetrazole rings is 1. The number of rotatable bonds is 6. The third-order valence-corrected chi connectivity index (χ3v) is 3.37. The van der Waals surface area contributed by atoms with Crippen molar-refractivity contribution in [2.24, 2.45) is 5.10 Å². The Morgan fingerprint density at radius 3 is 2.81 bits per heavy atom. The molecule has 0 fully saturated rings. The molecule has 2 N–H and O–H groups in total. The number of carbonyl (C=O) groups excluding carboxylic acids is 1. The molecular formula is C16H13N7O4. The summed E-state index contributed by atoms with van der Waals surface area (Å²) in [6.45, 7) is -0.237. The van der Waals surface area contributed by atoms with Gasteiger partial charge in [0.1, 0.15) is 12.3 Å². The van der Waals surface area contributed by atoms with E-state index in [1.54, 1.807) is 0 Å². The minimum Gasteiger partial charge on any atom is -0.508 e. The fourth-order valence-corrected chi connectivity index (χ4v) is 2.16. The quantitative estimate of drug-likeness (QED) is 0.376. The summed E-state index contributed by atoms with van der Waals surface area (Å²) in [6, 6.07) is 12.6. The van der Waals surface area contributed by atoms with E-state index >= 15 is 0 Å². The first-order chi connectivity index (χ1) is 13.0. The molecular weight excluding hydrogens is 354 g/mol. The topological polar surface area (TPSA) is 148 Å². The van der Waals surface area contributed by atoms with Gasteiger partial charge in [-0.15, -0.1) is 10.2 Å². The summed E-state index contributed by atoms with van der Waals surface area (Å²) in [5.41, 5.74) is 2.77. The molecule has 3 aromatic rings. The number of amides is 1. The first kappa shape index (κ1) is 17.7. The second kappa shape index (κ2) is 7.82. The number of nitrogens with one attached hydrogen (secondary N) is 1. The van der Waals surface area contributed by atoms with E-state index in [-0.39, 0.29) is 23.5 Å². The SMILES string of the molecule is O=C(Cn1nnc(-c2ccccc2)n1)NN=Cc1cc(O)ccc1[N+](=O)[O-]. The number of nitro benzene ring substituents is 1. The molecule has 0 spiro atoms. The van der Waals surface area contributed by atoms with Crippen molar-refractivity contribution in [3.05, 3.63) is 64.2 Å². The molecule has 0 saturated heterocycles. The Bertz CT molecular complexity index is 1000. The molecule has 27 heavy (non-hydrogen) atoms. The zero-order valence-corrected chi connectivity index (χ0v) is 13.8. The van der Waals surface area contributed by atoms with Gasteiger partial charge in [0.2, 0.25) is 5.82 Å². The number of phenols is 1. The maximum absolute atomic E-state index is 11.9. The number of nitrogens with zero attached hydrogens (tertiary/aromatic N) is 6. The second-order valence-corrected chi connectivity index (χ2v) is 5.30. The molecule has 0 radical (unpaired) electrons. The van der Waals surface area contributed by atoms with E-state index in [4.69, 9.17) is 0 Å². The Morgan fingerprint density at radius 2 is 2.07 bits per heavy atom. The standard InChI is InChI=1S/C16H13N7O4/c24-13-6-7-14(23(26)27)12(8-13)9-17-18-15(25)10-22-20-16(19-21-22)11-4-2-1-3-5-11/h1-9,24H,10H2,(H,18,25). The molecule has 3 rings (SSSR count). The average Bonchev–Trinajstić information content (AvgIpc) is 3.10. The van der Waals surface area contributed by atoms with E-state index < -0.39 is 10.8 Å². The first-order valence-corrected chi connectivity index (χ1v) is 7.65. The lowest BCUT2D eigenvalue weighted by molar-refractivity contribution is -0.385. The average molecular weight is 367 g/mol. The van der Waals surface area contributed by atoms with Crippen molar-refractivity contribution < 1.29 is 14.8 Å². The van der Waals surface area contributed by atoms with E-state index in [1.807, 2.05) is 30.3 Å². The predicted octanol–water partition coefficient (Wildman–Crippen LogP) is 1.10. The number of nitro groups is 1. The minimum atomic E-state index is -0.618. The number of benzene rings is 2. The molecule has 2 aromatic carbocycles. The van der Waals surface area contributed by atoms with E-state index in [9.17, 15) is 20.0 Å². The summed E-state index contributed by atoms with van der Waals surface area (Å²) in [6.07, 6.45) is 1.07. The van der Waals surface area contributed by atoms with Crippen molar-refractivity contribution in [1.82, 2.24) is 25.6 Å². The second-order valence-electron chi connectivity index (χ2n) is 5.30. The van der Waals surface area contributed by atoms with Crippen LogP contribution in [0.1, 0.15) is 5.56 Å². The lowest BCUT2D eigenvalue weighted by atomic mass is 10.2. The maximum atomic E-state index is 11.9. The molecule has 0 atom stereocenters. The van der Waals surface area contributed by atoms with Crippen LogP contribution in [0.2, 0.25) is 0 Å². The number of hydrogen-bond donors (Lipinski definition) is 2. The highest BCUT2D eigenvalue weighted by Crippen LogP contribution is 2.21. The van der Waals surface area contributed by atoms with Gasteiger partial charge in [-0.2, -0.15) is 9.90 Å². The Kier molecular flexibility index (Phi) is 5.12. The molecule has 11 heteroatoms. The van der Waals surface area contributed by atoms with Gasteiger partial charge in [-0.1, -0.05) is 30.3 Å². The smallest absolute Gasteiger partial charge is 0.278 e. The number of aromatic hydroxyl groups is 1. The van der Waals surface area contributed by atoms with Crippen LogP contribution in [0.3, 0.4) is 0 Å². The minimum absolute atomic E-state index is 0.0468. The fourth-order valence-electron chi connectivity index (χ4n) is 2.16. The molecule has 11 nitrogen and oxygen atoms in total. The third kappa shape index (κ3) is 4.48. The zero-order chi connectivity index (χ0) is 19.2. The monoisotopic (exact) mass is 367 g/mol. The predicted molar refractivity (Wildman–Crippen MR) is 93.8 cm³/mol. The Hall–Kier alpha value is -4.15. The molecule has 1 aromatic heterocycles. The third-order valence-electron chi connectivity index (χ3n) is 3.37. The van der Waals surface area contributed by atoms with Gasteiger partial charge >= 0.3 is 0 Å². The van der Waals surface area contributed by atoms with Gasteiger partial charge in [0, 0.05) is 11.6 Å². The lowest BCUT2D eigenvalue weighted by Gasteiger charge is -2.00. The molecule has 1 amide bonds. The largest absolute Gasteiger partial charge is 0.508 e. The van der Waals surface area contributed by atoms with Crippen LogP contribution in [-0.2, 0) is 11.3 Å². The zero-order valence-electron chi connectivity index (χ0n) is 13.8. The molecule has 0 unspecified atom stereocenters. The molecule has 0 aliphatic heterocycles. The summed E-state index contributed by atoms with van der Waals surface area (Å²) >= 11 is 0. The maximum Gasteiger partial charge on any atom is 0.278 e. The number of hydrazone groups is 1. The number of phenolic OH excluding ortho intramolecular Hbond substituents is 1. The van der Waals surface area contributed by atoms with Crippen LogP contribution in [0.5, 0.6) is 5.75 Å². The number of aromatic nitrogens is 4. The van der Waals surface area contributed by atoms with Gasteiger partial charge < -0.3 is 5.11 Å². The van der Waals surface area contributed by atoms with Gasteiger partial charge in [0.15, 0.2) is 0 Å². The van der Waals surface area contributed by atoms with Gasteiger partial charge in [-0.05, 0) is 17.3 Å². The van der Waals surface area contributed by atoms with Gasteiger partial charge in [-0.25, -0.2) is 5.43 Å². The van der Waals surface area contributed by atoms with Crippen LogP contribution in [0.4, 0.5) is 5.69 Å². The van der Waals surface area contributed by atoms with Crippen molar-refractivity contribution in [3.8, 4) is 17.1 Å². The molecule has 0 bridgehead atoms. The van der Waals surface area contributed by atoms with Crippen molar-refractivity contribution in [2.75, 3.05) is 0 Å². The van der Waals surface area contributed by atoms with E-state index in [0.29, 0.717) is 5.82 Å². The molecule has 1 heterocycles. The highest BCUT2D eigenvalue weighted by atomic mass is 16.6. The Balaban J connectivity index is 1.62. The first-order valence-electron chi connectivity index (χ1n) is 7.65. The van der Waals surface area contributed by atoms with Gasteiger partial charge in [-0.3, -0.25) is 14.9 Å². The van der Waals surface area contributed by atoms with Crippen molar-refractivity contribution in [3.63, 3.8) is 0 Å². The van der Waals surface area contributed by atoms with E-state index in [0.717, 1.165) is 22.6 Å². The van der Waals surface area contributed by atoms with Crippen LogP contribution in [-0.4, -0.2) is 42.4 Å². The van der Waals surface area contributed by atoms with E-state index in [1.165, 1.54) is 12.1 Å². The van der Waals surface area contributed by atoms with Gasteiger partial charge in [0.05, 0.1) is 16.7 Å². The highest BCUT2D eigenvalue weighted by molar-refractivity contribution is 5.87. The summed E-state index contributed by atoms with van der Waals surface area (Å²) in [5, 5.41) is 35.8. The normalized spacial score (nSPS) is 10.8. The van der Waals surface area contributed by atoms with Crippen molar-refractivity contribution in [2.45, 2.75) is 6.54 Å². The fraction of sp³-hybridized carbons (Fsp3) is 0.0625. The summed E-state index contributed by atoms with van der Waals surface area (Å²) < 4.78 is 0. The van der Waals surface area contributed by atoms with Crippen LogP contribution in [0.25, 0.3) is 11.4 Å². The molecule has 0 saturated carbocycles. The van der Waals surface area contributed by atoms with Crippen LogP contribution >= 0.6 is 0 Å². The number of carbonyl (C=O) groups is 1. The highest BCUT2D eigenvalue weighted by Gasteiger charge is 2.13. The van der Waals surface area contributed by atoms with Crippen LogP contribution in [0, 0.1) is 10.1 Å². The van der Waals surface area contributed by atoms with Gasteiger partial charge in [0.25, 0.3) is 11.6 Å². The lowest BCUT2D eigenvalue weighted by Crippen LogP contribution is -2.24. The van der Waals surface area contributed by atoms with E-state index in [2.05, 4.69) is 25.9 Å². The number of hydrogen-bond acceptors (Lipinski definition) is 8. The molecule has 136 valence electrons.